The Morgan fingerprint density at radius 3 is 1.40 bits per heavy atom. The van der Waals surface area contributed by atoms with E-state index in [4.69, 9.17) is 11.5 Å². The van der Waals surface area contributed by atoms with E-state index in [1.807, 2.05) is 0 Å². The van der Waals surface area contributed by atoms with Crippen molar-refractivity contribution in [3.8, 4) is 0 Å². The fourth-order valence-corrected chi connectivity index (χ4v) is 0.631. The molecule has 0 amide bonds. The first kappa shape index (κ1) is 9.84. The molecule has 0 spiro atoms. The first-order valence-corrected chi connectivity index (χ1v) is 3.73. The molecule has 0 aromatic carbocycles. The van der Waals surface area contributed by atoms with Crippen LogP contribution in [0.1, 0.15) is 0 Å². The van der Waals surface area contributed by atoms with Crippen molar-refractivity contribution in [2.24, 2.45) is 11.5 Å². The van der Waals surface area contributed by atoms with Crippen LogP contribution < -0.4 is 22.1 Å². The predicted octanol–water partition coefficient (Wildman–Crippen LogP) is -1.92. The minimum Gasteiger partial charge on any atom is -0.329 e. The van der Waals surface area contributed by atoms with Crippen molar-refractivity contribution in [2.75, 3.05) is 39.3 Å². The Labute approximate surface area is 62.3 Å². The van der Waals surface area contributed by atoms with Crippen LogP contribution in [0, 0.1) is 0 Å². The second-order valence-corrected chi connectivity index (χ2v) is 2.08. The number of nitrogens with one attached hydrogen (secondary N) is 2. The van der Waals surface area contributed by atoms with Gasteiger partial charge in [0.25, 0.3) is 0 Å². The fraction of sp³-hybridized carbons (Fsp3) is 1.00. The summed E-state index contributed by atoms with van der Waals surface area (Å²) < 4.78 is 0. The molecule has 4 heteroatoms. The van der Waals surface area contributed by atoms with Crippen molar-refractivity contribution in [3.63, 3.8) is 0 Å². The summed E-state index contributed by atoms with van der Waals surface area (Å²) in [5.74, 6) is 0. The van der Waals surface area contributed by atoms with Crippen molar-refractivity contribution >= 4 is 0 Å². The molecule has 0 aliphatic carbocycles. The fourth-order valence-electron chi connectivity index (χ4n) is 0.631. The molecule has 0 unspecified atom stereocenters. The minimum atomic E-state index is 0.705. The van der Waals surface area contributed by atoms with Crippen LogP contribution in [-0.4, -0.2) is 39.3 Å². The Balaban J connectivity index is 2.65. The Hall–Kier alpha value is -0.160. The van der Waals surface area contributed by atoms with Crippen LogP contribution in [-0.2, 0) is 0 Å². The van der Waals surface area contributed by atoms with Crippen molar-refractivity contribution in [1.82, 2.24) is 10.6 Å². The van der Waals surface area contributed by atoms with Gasteiger partial charge in [0.2, 0.25) is 0 Å². The van der Waals surface area contributed by atoms with Gasteiger partial charge in [-0.05, 0) is 0 Å². The van der Waals surface area contributed by atoms with Gasteiger partial charge in [-0.2, -0.15) is 0 Å². The van der Waals surface area contributed by atoms with Gasteiger partial charge >= 0.3 is 0 Å². The highest BCUT2D eigenvalue weighted by molar-refractivity contribution is 4.51. The van der Waals surface area contributed by atoms with Crippen LogP contribution in [0.3, 0.4) is 0 Å². The van der Waals surface area contributed by atoms with Crippen LogP contribution in [0.15, 0.2) is 0 Å². The molecule has 62 valence electrons. The molecule has 0 aromatic heterocycles. The van der Waals surface area contributed by atoms with Crippen molar-refractivity contribution in [1.29, 1.82) is 0 Å². The highest BCUT2D eigenvalue weighted by atomic mass is 15.0. The third-order valence-electron chi connectivity index (χ3n) is 1.12. The molecule has 0 radical (unpaired) electrons. The van der Waals surface area contributed by atoms with Gasteiger partial charge in [-0.1, -0.05) is 0 Å². The summed E-state index contributed by atoms with van der Waals surface area (Å²) in [5, 5.41) is 6.33. The molecular weight excluding hydrogens is 129 g/mol. The van der Waals surface area contributed by atoms with Gasteiger partial charge in [0, 0.05) is 39.3 Å². The summed E-state index contributed by atoms with van der Waals surface area (Å²) in [6, 6.07) is 0. The van der Waals surface area contributed by atoms with Gasteiger partial charge in [0.1, 0.15) is 0 Å². The normalized spacial score (nSPS) is 10.2. The minimum absolute atomic E-state index is 0.705. The van der Waals surface area contributed by atoms with Crippen LogP contribution in [0.2, 0.25) is 0 Å². The molecule has 0 aliphatic rings. The summed E-state index contributed by atoms with van der Waals surface area (Å²) in [6.07, 6.45) is 0. The van der Waals surface area contributed by atoms with Crippen molar-refractivity contribution in [3.05, 3.63) is 0 Å². The first-order chi connectivity index (χ1) is 4.91. The van der Waals surface area contributed by atoms with E-state index in [0.717, 1.165) is 26.2 Å². The molecule has 0 fully saturated rings. The molecule has 10 heavy (non-hydrogen) atoms. The Morgan fingerprint density at radius 2 is 1.10 bits per heavy atom. The van der Waals surface area contributed by atoms with E-state index in [1.54, 1.807) is 0 Å². The Bertz CT molecular complexity index is 49.7. The van der Waals surface area contributed by atoms with Crippen molar-refractivity contribution < 1.29 is 0 Å². The molecule has 0 aromatic rings. The predicted molar refractivity (Wildman–Crippen MR) is 43.8 cm³/mol. The van der Waals surface area contributed by atoms with E-state index in [9.17, 15) is 0 Å². The average Bonchev–Trinajstić information content (AvgIpc) is 1.97. The molecule has 4 nitrogen and oxygen atoms in total. The lowest BCUT2D eigenvalue weighted by Gasteiger charge is -2.03. The van der Waals surface area contributed by atoms with Gasteiger partial charge in [0.15, 0.2) is 0 Å². The molecular formula is C6H18N4. The molecule has 0 saturated carbocycles. The highest BCUT2D eigenvalue weighted by Gasteiger charge is 1.83. The van der Waals surface area contributed by atoms with Crippen LogP contribution in [0.25, 0.3) is 0 Å². The summed E-state index contributed by atoms with van der Waals surface area (Å²) in [5.41, 5.74) is 10.5. The standard InChI is InChI=1S/C6H18N4/c7-1-3-9-5-6-10-4-2-8/h9-10H,1-8H2/i1+1. The lowest BCUT2D eigenvalue weighted by Crippen LogP contribution is -2.32. The second kappa shape index (κ2) is 8.84. The second-order valence-electron chi connectivity index (χ2n) is 2.08. The number of hydrogen-bond donors (Lipinski definition) is 4. The van der Waals surface area contributed by atoms with E-state index < -0.39 is 0 Å². The largest absolute Gasteiger partial charge is 0.329 e. The maximum atomic E-state index is 5.27. The van der Waals surface area contributed by atoms with Gasteiger partial charge in [-0.3, -0.25) is 0 Å². The lowest BCUT2D eigenvalue weighted by atomic mass is 10.5. The SMILES string of the molecule is NCCNCCNC[13CH2]N. The number of hydrogen-bond acceptors (Lipinski definition) is 4. The van der Waals surface area contributed by atoms with E-state index in [1.165, 1.54) is 0 Å². The molecule has 0 saturated heterocycles. The Morgan fingerprint density at radius 1 is 0.700 bits per heavy atom. The molecule has 0 bridgehead atoms. The zero-order chi connectivity index (χ0) is 7.66. The summed E-state index contributed by atoms with van der Waals surface area (Å²) >= 11 is 0. The summed E-state index contributed by atoms with van der Waals surface area (Å²) in [7, 11) is 0. The monoisotopic (exact) mass is 147 g/mol. The molecule has 0 heterocycles. The van der Waals surface area contributed by atoms with Gasteiger partial charge in [-0.15, -0.1) is 0 Å². The molecule has 0 atom stereocenters. The maximum Gasteiger partial charge on any atom is 0.00772 e. The quantitative estimate of drug-likeness (QED) is 0.250. The molecule has 6 N–H and O–H groups in total. The average molecular weight is 147 g/mol. The van der Waals surface area contributed by atoms with E-state index in [-0.39, 0.29) is 0 Å². The first-order valence-electron chi connectivity index (χ1n) is 3.73. The molecule has 0 aliphatic heterocycles. The van der Waals surface area contributed by atoms with Crippen LogP contribution in [0.4, 0.5) is 0 Å². The van der Waals surface area contributed by atoms with Gasteiger partial charge in [0.05, 0.1) is 0 Å². The zero-order valence-corrected chi connectivity index (χ0v) is 6.40. The van der Waals surface area contributed by atoms with Gasteiger partial charge < -0.3 is 22.1 Å². The van der Waals surface area contributed by atoms with Crippen LogP contribution in [0.5, 0.6) is 0 Å². The number of rotatable bonds is 7. The third-order valence-corrected chi connectivity index (χ3v) is 1.12. The number of nitrogens with two attached hydrogens (primary N) is 2. The lowest BCUT2D eigenvalue weighted by molar-refractivity contribution is 0.618. The van der Waals surface area contributed by atoms with E-state index in [0.29, 0.717) is 13.1 Å². The van der Waals surface area contributed by atoms with Gasteiger partial charge in [-0.25, -0.2) is 0 Å². The smallest absolute Gasteiger partial charge is 0.00772 e. The summed E-state index contributed by atoms with van der Waals surface area (Å²) in [4.78, 5) is 0. The topological polar surface area (TPSA) is 76.1 Å². The third kappa shape index (κ3) is 7.84. The maximum absolute atomic E-state index is 5.27. The Kier molecular flexibility index (Phi) is 8.70. The van der Waals surface area contributed by atoms with Crippen LogP contribution >= 0.6 is 0 Å². The highest BCUT2D eigenvalue weighted by Crippen LogP contribution is 1.57. The van der Waals surface area contributed by atoms with E-state index >= 15 is 0 Å². The van der Waals surface area contributed by atoms with Crippen molar-refractivity contribution in [2.45, 2.75) is 0 Å². The molecule has 0 rings (SSSR count). The summed E-state index contributed by atoms with van der Waals surface area (Å²) in [6.45, 7) is 5.14. The van der Waals surface area contributed by atoms with E-state index in [2.05, 4.69) is 10.6 Å². The zero-order valence-electron chi connectivity index (χ0n) is 6.40.